The van der Waals surface area contributed by atoms with E-state index >= 15 is 0 Å². The van der Waals surface area contributed by atoms with Crippen molar-refractivity contribution in [2.24, 2.45) is 0 Å². The van der Waals surface area contributed by atoms with Gasteiger partial charge in [0, 0.05) is 21.7 Å². The number of halogens is 4. The zero-order valence-electron chi connectivity index (χ0n) is 6.89. The normalized spacial score (nSPS) is 10.5. The molecule has 15 heavy (non-hydrogen) atoms. The number of hydrogen-bond acceptors (Lipinski definition) is 4. The first-order chi connectivity index (χ1) is 4.46. The van der Waals surface area contributed by atoms with Crippen LogP contribution in [0.1, 0.15) is 0 Å². The van der Waals surface area contributed by atoms with Crippen LogP contribution in [-0.4, -0.2) is 44.6 Å². The van der Waals surface area contributed by atoms with E-state index in [1.54, 1.807) is 0 Å². The maximum Gasteiger partial charge on any atom is 0.335 e. The Bertz CT molecular complexity index is 151. The maximum absolute atomic E-state index is 9.77. The van der Waals surface area contributed by atoms with Gasteiger partial charge >= 0.3 is 11.9 Å². The second-order valence-electron chi connectivity index (χ2n) is 1.57. The Labute approximate surface area is 125 Å². The van der Waals surface area contributed by atoms with Crippen LogP contribution in [0, 0.1) is 0 Å². The molecule has 0 saturated heterocycles. The average Bonchev–Trinajstić information content (AvgIpc) is 1.84. The monoisotopic (exact) mass is 342 g/mol. The van der Waals surface area contributed by atoms with Gasteiger partial charge in [0.2, 0.25) is 0 Å². The van der Waals surface area contributed by atoms with Gasteiger partial charge in [0.1, 0.15) is 0 Å². The van der Waals surface area contributed by atoms with Gasteiger partial charge in [-0.2, -0.15) is 0 Å². The van der Waals surface area contributed by atoms with E-state index in [2.05, 4.69) is 0 Å². The maximum atomic E-state index is 9.77. The van der Waals surface area contributed by atoms with Gasteiger partial charge in [0.15, 0.2) is 12.2 Å². The van der Waals surface area contributed by atoms with Crippen LogP contribution in [0.2, 0.25) is 0 Å². The van der Waals surface area contributed by atoms with Crippen LogP contribution >= 0.6 is 49.6 Å². The van der Waals surface area contributed by atoms with Crippen molar-refractivity contribution in [2.75, 3.05) is 0 Å². The first kappa shape index (κ1) is 36.0. The molecule has 0 aromatic carbocycles. The van der Waals surface area contributed by atoms with Crippen LogP contribution in [0.5, 0.6) is 0 Å². The molecule has 0 saturated carbocycles. The number of aliphatic hydroxyl groups is 2. The molecule has 2 unspecified atom stereocenters. The molecule has 0 spiro atoms. The summed E-state index contributed by atoms with van der Waals surface area (Å²) in [6.07, 6.45) is -4.53. The van der Waals surface area contributed by atoms with Gasteiger partial charge in [-0.3, -0.25) is 0 Å². The van der Waals surface area contributed by atoms with Crippen molar-refractivity contribution in [3.05, 3.63) is 0 Å². The number of aliphatic carboxylic acids is 2. The van der Waals surface area contributed by atoms with Crippen LogP contribution in [0.4, 0.5) is 0 Å². The van der Waals surface area contributed by atoms with Gasteiger partial charge in [-0.15, -0.1) is 49.6 Å². The minimum atomic E-state index is -2.27. The molecule has 0 aromatic rings. The molecule has 2 atom stereocenters. The Morgan fingerprint density at radius 2 is 0.867 bits per heavy atom. The smallest absolute Gasteiger partial charge is 0.335 e. The molecule has 0 aliphatic rings. The molecular formula is C4H10Cl4O6Ti. The van der Waals surface area contributed by atoms with Crippen molar-refractivity contribution >= 4 is 61.6 Å². The summed E-state index contributed by atoms with van der Waals surface area (Å²) in [6, 6.07) is 0. The van der Waals surface area contributed by atoms with Crippen molar-refractivity contribution in [1.29, 1.82) is 0 Å². The predicted octanol–water partition coefficient (Wildman–Crippen LogP) is -0.438. The molecular weight excluding hydrogens is 334 g/mol. The Balaban J connectivity index is -0.0000000405. The van der Waals surface area contributed by atoms with E-state index in [1.165, 1.54) is 0 Å². The molecule has 0 radical (unpaired) electrons. The fourth-order valence-corrected chi connectivity index (χ4v) is 0.270. The van der Waals surface area contributed by atoms with Gasteiger partial charge < -0.3 is 20.4 Å². The fraction of sp³-hybridized carbons (Fsp3) is 0.500. The molecule has 6 nitrogen and oxygen atoms in total. The molecule has 0 amide bonds. The number of aliphatic hydroxyl groups excluding tert-OH is 2. The molecule has 0 heterocycles. The second kappa shape index (κ2) is 17.1. The fourth-order valence-electron chi connectivity index (χ4n) is 0.270. The Morgan fingerprint density at radius 1 is 0.733 bits per heavy atom. The summed E-state index contributed by atoms with van der Waals surface area (Å²) in [5, 5.41) is 32.5. The third-order valence-corrected chi connectivity index (χ3v) is 0.805. The molecule has 0 bridgehead atoms. The van der Waals surface area contributed by atoms with Crippen LogP contribution in [0.25, 0.3) is 0 Å². The summed E-state index contributed by atoms with van der Waals surface area (Å²) >= 11 is 0. The standard InChI is InChI=1S/C4H6O6.4ClH.Ti/c5-1(3(7)8)2(6)4(9)10;;;;;/h1-2,5-6H,(H,7,8)(H,9,10);4*1H;. The third kappa shape index (κ3) is 14.7. The van der Waals surface area contributed by atoms with Crippen molar-refractivity contribution in [3.8, 4) is 0 Å². The molecule has 0 fully saturated rings. The van der Waals surface area contributed by atoms with Crippen LogP contribution in [-0.2, 0) is 31.3 Å². The largest absolute Gasteiger partial charge is 0.479 e. The average molecular weight is 344 g/mol. The van der Waals surface area contributed by atoms with Crippen LogP contribution in [0.3, 0.4) is 0 Å². The quantitative estimate of drug-likeness (QED) is 0.517. The van der Waals surface area contributed by atoms with Crippen molar-refractivity contribution in [1.82, 2.24) is 0 Å². The topological polar surface area (TPSA) is 115 Å². The third-order valence-electron chi connectivity index (χ3n) is 0.805. The number of rotatable bonds is 3. The van der Waals surface area contributed by atoms with E-state index in [9.17, 15) is 9.59 Å². The molecule has 11 heteroatoms. The summed E-state index contributed by atoms with van der Waals surface area (Å²) in [4.78, 5) is 19.5. The Kier molecular flexibility index (Phi) is 41.2. The number of carboxylic acid groups (broad SMARTS) is 2. The van der Waals surface area contributed by atoms with Crippen molar-refractivity contribution in [3.63, 3.8) is 0 Å². The van der Waals surface area contributed by atoms with Gasteiger partial charge in [-0.1, -0.05) is 0 Å². The van der Waals surface area contributed by atoms with Gasteiger partial charge in [-0.05, 0) is 0 Å². The van der Waals surface area contributed by atoms with Crippen LogP contribution in [0.15, 0.2) is 0 Å². The van der Waals surface area contributed by atoms with Crippen molar-refractivity contribution < 1.29 is 51.7 Å². The SMILES string of the molecule is Cl.Cl.Cl.Cl.O=C(O)C(O)C(O)C(=O)O.[Ti]. The summed E-state index contributed by atoms with van der Waals surface area (Å²) in [5.74, 6) is -3.54. The van der Waals surface area contributed by atoms with E-state index in [0.29, 0.717) is 0 Å². The summed E-state index contributed by atoms with van der Waals surface area (Å²) in [6.45, 7) is 0. The Hall–Kier alpha value is 0.734. The summed E-state index contributed by atoms with van der Waals surface area (Å²) in [5.41, 5.74) is 0. The van der Waals surface area contributed by atoms with Gasteiger partial charge in [0.25, 0.3) is 0 Å². The zero-order valence-corrected chi connectivity index (χ0v) is 11.7. The number of carboxylic acids is 2. The first-order valence-corrected chi connectivity index (χ1v) is 2.28. The van der Waals surface area contributed by atoms with Gasteiger partial charge in [0.05, 0.1) is 0 Å². The number of hydrogen-bond donors (Lipinski definition) is 4. The molecule has 0 aliphatic carbocycles. The Morgan fingerprint density at radius 3 is 0.933 bits per heavy atom. The summed E-state index contributed by atoms with van der Waals surface area (Å²) in [7, 11) is 0. The molecule has 0 aliphatic heterocycles. The predicted molar refractivity (Wildman–Crippen MR) is 56.3 cm³/mol. The van der Waals surface area contributed by atoms with E-state index in [0.717, 1.165) is 0 Å². The van der Waals surface area contributed by atoms with Crippen molar-refractivity contribution in [2.45, 2.75) is 12.2 Å². The van der Waals surface area contributed by atoms with E-state index in [-0.39, 0.29) is 71.3 Å². The first-order valence-electron chi connectivity index (χ1n) is 2.28. The van der Waals surface area contributed by atoms with E-state index in [1.807, 2.05) is 0 Å². The molecule has 0 rings (SSSR count). The minimum absolute atomic E-state index is 0. The molecule has 4 N–H and O–H groups in total. The minimum Gasteiger partial charge on any atom is -0.479 e. The van der Waals surface area contributed by atoms with E-state index in [4.69, 9.17) is 20.4 Å². The summed E-state index contributed by atoms with van der Waals surface area (Å²) < 4.78 is 0. The zero-order chi connectivity index (χ0) is 8.31. The van der Waals surface area contributed by atoms with Gasteiger partial charge in [-0.25, -0.2) is 9.59 Å². The van der Waals surface area contributed by atoms with Crippen LogP contribution < -0.4 is 0 Å². The molecule has 0 aromatic heterocycles. The second-order valence-corrected chi connectivity index (χ2v) is 1.57. The molecule has 94 valence electrons. The number of carbonyl (C=O) groups is 2. The van der Waals surface area contributed by atoms with E-state index < -0.39 is 24.1 Å².